The summed E-state index contributed by atoms with van der Waals surface area (Å²) in [4.78, 5) is 17.8. The summed E-state index contributed by atoms with van der Waals surface area (Å²) in [5.41, 5.74) is -0.0513. The molecule has 3 atom stereocenters. The van der Waals surface area contributed by atoms with Crippen LogP contribution in [0.4, 0.5) is 20.5 Å². The minimum atomic E-state index is -0.770. The molecule has 7 nitrogen and oxygen atoms in total. The molecule has 2 fully saturated rings. The molecule has 208 valence electrons. The maximum atomic E-state index is 16.4. The lowest BCUT2D eigenvalue weighted by Gasteiger charge is -2.46. The number of halogens is 4. The number of hydrogen-bond acceptors (Lipinski definition) is 7. The van der Waals surface area contributed by atoms with Crippen molar-refractivity contribution in [3.05, 3.63) is 58.6 Å². The molecule has 1 aromatic heterocycles. The molecule has 5 rings (SSSR count). The van der Waals surface area contributed by atoms with E-state index in [1.807, 2.05) is 37.7 Å². The third-order valence-electron chi connectivity index (χ3n) is 7.78. The number of rotatable bonds is 6. The van der Waals surface area contributed by atoms with E-state index in [-0.39, 0.29) is 38.8 Å². The highest BCUT2D eigenvalue weighted by Gasteiger charge is 2.36. The fourth-order valence-corrected chi connectivity index (χ4v) is 5.83. The van der Waals surface area contributed by atoms with Gasteiger partial charge in [0.05, 0.1) is 5.02 Å². The van der Waals surface area contributed by atoms with Crippen LogP contribution in [0.2, 0.25) is 10.0 Å². The van der Waals surface area contributed by atoms with E-state index in [9.17, 15) is 9.50 Å². The van der Waals surface area contributed by atoms with Crippen LogP contribution >= 0.6 is 23.2 Å². The van der Waals surface area contributed by atoms with E-state index in [1.165, 1.54) is 24.3 Å². The predicted octanol–water partition coefficient (Wildman–Crippen LogP) is 5.04. The standard InChI is InChI=1S/C28H32Cl2F2N6O/c1-6-23(39)37-11-16(3)38(12-15(37)2)27-20-10-21(30)24(19-9-17(29)7-8-22(19)31)25(32)26(20)33-28(34-27)36-13-18(14-36)35(4)5/h6-10,15-16,18,23,39H,1,11-14H2,2-5H3/t15-,16+,23?/m1/s1. The summed E-state index contributed by atoms with van der Waals surface area (Å²) in [6.07, 6.45) is 0.738. The molecule has 0 spiro atoms. The molecule has 2 aliphatic heterocycles. The molecule has 11 heteroatoms. The van der Waals surface area contributed by atoms with E-state index < -0.39 is 17.9 Å². The maximum absolute atomic E-state index is 16.4. The molecule has 2 saturated heterocycles. The van der Waals surface area contributed by atoms with E-state index in [0.717, 1.165) is 0 Å². The van der Waals surface area contributed by atoms with Crippen molar-refractivity contribution < 1.29 is 13.9 Å². The predicted molar refractivity (Wildman–Crippen MR) is 154 cm³/mol. The summed E-state index contributed by atoms with van der Waals surface area (Å²) in [6.45, 7) is 10.2. The molecule has 1 N–H and O–H groups in total. The number of aliphatic hydroxyl groups excluding tert-OH is 1. The molecule has 3 heterocycles. The lowest BCUT2D eigenvalue weighted by atomic mass is 10.0. The lowest BCUT2D eigenvalue weighted by Crippen LogP contribution is -2.59. The Hall–Kier alpha value is -2.56. The van der Waals surface area contributed by atoms with Gasteiger partial charge < -0.3 is 19.8 Å². The Balaban J connectivity index is 1.67. The number of hydrogen-bond donors (Lipinski definition) is 1. The first kappa shape index (κ1) is 28.0. The van der Waals surface area contributed by atoms with Crippen molar-refractivity contribution in [3.8, 4) is 11.1 Å². The first-order chi connectivity index (χ1) is 18.5. The molecule has 3 aromatic rings. The summed E-state index contributed by atoms with van der Waals surface area (Å²) in [5, 5.41) is 11.2. The topological polar surface area (TPSA) is 59.0 Å². The Kier molecular flexibility index (Phi) is 7.74. The Labute approximate surface area is 237 Å². The van der Waals surface area contributed by atoms with Crippen molar-refractivity contribution in [2.24, 2.45) is 0 Å². The van der Waals surface area contributed by atoms with Crippen LogP contribution in [0.3, 0.4) is 0 Å². The maximum Gasteiger partial charge on any atom is 0.228 e. The summed E-state index contributed by atoms with van der Waals surface area (Å²) in [7, 11) is 4.03. The smallest absolute Gasteiger partial charge is 0.228 e. The number of piperazine rings is 1. The van der Waals surface area contributed by atoms with Crippen molar-refractivity contribution in [2.45, 2.75) is 38.2 Å². The second-order valence-electron chi connectivity index (χ2n) is 10.6. The van der Waals surface area contributed by atoms with Crippen LogP contribution in [0.5, 0.6) is 0 Å². The molecule has 2 aliphatic rings. The number of nitrogens with zero attached hydrogens (tertiary/aromatic N) is 6. The van der Waals surface area contributed by atoms with Gasteiger partial charge in [-0.3, -0.25) is 4.90 Å². The van der Waals surface area contributed by atoms with Gasteiger partial charge in [-0.1, -0.05) is 29.8 Å². The highest BCUT2D eigenvalue weighted by atomic mass is 35.5. The molecule has 0 aliphatic carbocycles. The second-order valence-corrected chi connectivity index (χ2v) is 11.5. The largest absolute Gasteiger partial charge is 0.375 e. The van der Waals surface area contributed by atoms with E-state index in [0.29, 0.717) is 49.4 Å². The van der Waals surface area contributed by atoms with Gasteiger partial charge in [0.1, 0.15) is 23.4 Å². The molecule has 0 amide bonds. The zero-order valence-electron chi connectivity index (χ0n) is 22.4. The minimum absolute atomic E-state index is 0.0285. The minimum Gasteiger partial charge on any atom is -0.375 e. The molecule has 1 unspecified atom stereocenters. The number of likely N-dealkylation sites (N-methyl/N-ethyl adjacent to an activating group) is 1. The van der Waals surface area contributed by atoms with Gasteiger partial charge in [-0.15, -0.1) is 0 Å². The molecule has 0 saturated carbocycles. The Morgan fingerprint density at radius 2 is 1.79 bits per heavy atom. The van der Waals surface area contributed by atoms with Gasteiger partial charge in [0.25, 0.3) is 0 Å². The van der Waals surface area contributed by atoms with Gasteiger partial charge in [-0.2, -0.15) is 4.98 Å². The average molecular weight is 578 g/mol. The Bertz CT molecular complexity index is 1420. The van der Waals surface area contributed by atoms with Gasteiger partial charge in [0.15, 0.2) is 5.82 Å². The van der Waals surface area contributed by atoms with E-state index >= 15 is 4.39 Å². The van der Waals surface area contributed by atoms with Crippen LogP contribution in [-0.2, 0) is 0 Å². The summed E-state index contributed by atoms with van der Waals surface area (Å²) in [5.74, 6) is -0.406. The molecule has 0 radical (unpaired) electrons. The van der Waals surface area contributed by atoms with Crippen molar-refractivity contribution in [1.82, 2.24) is 19.8 Å². The highest BCUT2D eigenvalue weighted by molar-refractivity contribution is 6.35. The second kappa shape index (κ2) is 10.8. The monoisotopic (exact) mass is 576 g/mol. The van der Waals surface area contributed by atoms with E-state index in [4.69, 9.17) is 28.2 Å². The zero-order valence-corrected chi connectivity index (χ0v) is 23.9. The Morgan fingerprint density at radius 1 is 1.08 bits per heavy atom. The summed E-state index contributed by atoms with van der Waals surface area (Å²) >= 11 is 12.7. The summed E-state index contributed by atoms with van der Waals surface area (Å²) in [6, 6.07) is 5.79. The van der Waals surface area contributed by atoms with Crippen molar-refractivity contribution in [1.29, 1.82) is 0 Å². The third-order valence-corrected chi connectivity index (χ3v) is 8.31. The molecular weight excluding hydrogens is 545 g/mol. The number of aliphatic hydroxyl groups is 1. The fourth-order valence-electron chi connectivity index (χ4n) is 5.36. The molecule has 2 aromatic carbocycles. The van der Waals surface area contributed by atoms with Crippen molar-refractivity contribution in [3.63, 3.8) is 0 Å². The van der Waals surface area contributed by atoms with Crippen LogP contribution in [0.15, 0.2) is 36.9 Å². The van der Waals surface area contributed by atoms with Gasteiger partial charge >= 0.3 is 0 Å². The number of anilines is 2. The van der Waals surface area contributed by atoms with Gasteiger partial charge in [-0.25, -0.2) is 13.8 Å². The van der Waals surface area contributed by atoms with Gasteiger partial charge in [-0.05, 0) is 58.3 Å². The molecular formula is C28H32Cl2F2N6O. The highest BCUT2D eigenvalue weighted by Crippen LogP contribution is 2.41. The van der Waals surface area contributed by atoms with Crippen LogP contribution < -0.4 is 9.80 Å². The van der Waals surface area contributed by atoms with Crippen LogP contribution in [0.25, 0.3) is 22.0 Å². The third kappa shape index (κ3) is 5.07. The molecule has 0 bridgehead atoms. The quantitative estimate of drug-likeness (QED) is 0.413. The fraction of sp³-hybridized carbons (Fsp3) is 0.429. The number of fused-ring (bicyclic) bond motifs is 1. The number of aromatic nitrogens is 2. The van der Waals surface area contributed by atoms with Gasteiger partial charge in [0, 0.05) is 65.8 Å². The first-order valence-corrected chi connectivity index (χ1v) is 13.6. The van der Waals surface area contributed by atoms with Crippen molar-refractivity contribution in [2.75, 3.05) is 50.1 Å². The SMILES string of the molecule is C=CC(O)N1C[C@H](C)N(c2nc(N3CC(N(C)C)C3)nc3c(F)c(-c4cc(Cl)ccc4F)c(Cl)cc23)C[C@H]1C. The first-order valence-electron chi connectivity index (χ1n) is 12.9. The number of benzene rings is 2. The lowest BCUT2D eigenvalue weighted by molar-refractivity contribution is 0.0000606. The summed E-state index contributed by atoms with van der Waals surface area (Å²) < 4.78 is 31.2. The average Bonchev–Trinajstić information content (AvgIpc) is 2.85. The Morgan fingerprint density at radius 3 is 2.46 bits per heavy atom. The van der Waals surface area contributed by atoms with E-state index in [2.05, 4.69) is 21.4 Å². The van der Waals surface area contributed by atoms with Crippen LogP contribution in [-0.4, -0.2) is 89.5 Å². The molecule has 39 heavy (non-hydrogen) atoms. The van der Waals surface area contributed by atoms with Crippen LogP contribution in [0, 0.1) is 11.6 Å². The zero-order chi connectivity index (χ0) is 28.2. The normalized spacial score (nSPS) is 21.5. The van der Waals surface area contributed by atoms with Gasteiger partial charge in [0.2, 0.25) is 5.95 Å². The van der Waals surface area contributed by atoms with E-state index in [1.54, 1.807) is 6.07 Å². The van der Waals surface area contributed by atoms with Crippen LogP contribution in [0.1, 0.15) is 13.8 Å². The van der Waals surface area contributed by atoms with Crippen molar-refractivity contribution >= 4 is 45.9 Å².